The number of anilines is 1. The van der Waals surface area contributed by atoms with Gasteiger partial charge in [0.05, 0.1) is 11.3 Å². The fourth-order valence-corrected chi connectivity index (χ4v) is 2.20. The summed E-state index contributed by atoms with van der Waals surface area (Å²) in [6.07, 6.45) is 0. The minimum atomic E-state index is -0.465. The summed E-state index contributed by atoms with van der Waals surface area (Å²) in [5.74, 6) is -0.768. The Morgan fingerprint density at radius 3 is 2.53 bits per heavy atom. The highest BCUT2D eigenvalue weighted by Gasteiger charge is 2.15. The van der Waals surface area contributed by atoms with Crippen molar-refractivity contribution in [2.24, 2.45) is 7.05 Å². The zero-order chi connectivity index (χ0) is 14.2. The second-order valence-electron chi connectivity index (χ2n) is 4.42. The maximum absolute atomic E-state index is 13.7. The first kappa shape index (κ1) is 13.8. The highest BCUT2D eigenvalue weighted by atomic mass is 79.9. The topological polar surface area (TPSA) is 34.0 Å². The van der Waals surface area contributed by atoms with Crippen LogP contribution in [0.2, 0.25) is 0 Å². The average molecular weight is 325 g/mol. The number of nitrogens with one attached hydrogen (secondary N) is 1. The molecule has 0 aliphatic rings. The predicted octanol–water partition coefficient (Wildman–Crippen LogP) is 3.80. The first-order valence-electron chi connectivity index (χ1n) is 5.79. The third-order valence-electron chi connectivity index (χ3n) is 3.20. The standard InChI is InChI=1S/C14H14BrFN2O/c1-8-6-11(9(2)18(8)3)14(19)17-13-5-4-10(15)7-12(13)16/h4-7H,1-3H3,(H,17,19). The van der Waals surface area contributed by atoms with Gasteiger partial charge in [-0.1, -0.05) is 15.9 Å². The van der Waals surface area contributed by atoms with Gasteiger partial charge in [0.25, 0.3) is 5.91 Å². The van der Waals surface area contributed by atoms with Crippen molar-refractivity contribution in [1.29, 1.82) is 0 Å². The van der Waals surface area contributed by atoms with E-state index in [2.05, 4.69) is 21.2 Å². The van der Waals surface area contributed by atoms with E-state index in [4.69, 9.17) is 0 Å². The van der Waals surface area contributed by atoms with Gasteiger partial charge < -0.3 is 9.88 Å². The number of halogens is 2. The van der Waals surface area contributed by atoms with Gasteiger partial charge in [-0.15, -0.1) is 0 Å². The van der Waals surface area contributed by atoms with E-state index in [1.165, 1.54) is 12.1 Å². The molecule has 3 nitrogen and oxygen atoms in total. The highest BCUT2D eigenvalue weighted by Crippen LogP contribution is 2.21. The Kier molecular flexibility index (Phi) is 3.75. The molecule has 2 rings (SSSR count). The molecule has 2 aromatic rings. The molecule has 0 unspecified atom stereocenters. The molecule has 100 valence electrons. The van der Waals surface area contributed by atoms with E-state index < -0.39 is 5.82 Å². The number of carbonyl (C=O) groups is 1. The molecule has 0 aliphatic heterocycles. The van der Waals surface area contributed by atoms with Gasteiger partial charge in [0.15, 0.2) is 0 Å². The van der Waals surface area contributed by atoms with Gasteiger partial charge in [-0.3, -0.25) is 4.79 Å². The van der Waals surface area contributed by atoms with Crippen LogP contribution in [0.15, 0.2) is 28.7 Å². The molecule has 0 fully saturated rings. The van der Waals surface area contributed by atoms with Crippen LogP contribution in [0.5, 0.6) is 0 Å². The number of benzene rings is 1. The van der Waals surface area contributed by atoms with Crippen molar-refractivity contribution in [3.63, 3.8) is 0 Å². The fraction of sp³-hybridized carbons (Fsp3) is 0.214. The van der Waals surface area contributed by atoms with Gasteiger partial charge in [-0.25, -0.2) is 4.39 Å². The first-order valence-corrected chi connectivity index (χ1v) is 6.58. The van der Waals surface area contributed by atoms with Gasteiger partial charge in [0.1, 0.15) is 5.82 Å². The molecular formula is C14H14BrFN2O. The summed E-state index contributed by atoms with van der Waals surface area (Å²) in [5.41, 5.74) is 2.57. The molecule has 0 saturated heterocycles. The second-order valence-corrected chi connectivity index (χ2v) is 5.34. The molecule has 19 heavy (non-hydrogen) atoms. The molecule has 1 aromatic carbocycles. The maximum atomic E-state index is 13.7. The zero-order valence-electron chi connectivity index (χ0n) is 10.9. The summed E-state index contributed by atoms with van der Waals surface area (Å²) in [4.78, 5) is 12.1. The first-order chi connectivity index (χ1) is 8.90. The lowest BCUT2D eigenvalue weighted by molar-refractivity contribution is 0.102. The Bertz CT molecular complexity index is 649. The summed E-state index contributed by atoms with van der Waals surface area (Å²) in [6, 6.07) is 6.32. The molecule has 1 heterocycles. The number of aryl methyl sites for hydroxylation is 1. The van der Waals surface area contributed by atoms with Crippen LogP contribution in [0, 0.1) is 19.7 Å². The van der Waals surface area contributed by atoms with Crippen molar-refractivity contribution in [1.82, 2.24) is 4.57 Å². The summed E-state index contributed by atoms with van der Waals surface area (Å²) < 4.78 is 16.2. The molecule has 1 aromatic heterocycles. The summed E-state index contributed by atoms with van der Waals surface area (Å²) in [7, 11) is 1.89. The number of carbonyl (C=O) groups excluding carboxylic acids is 1. The van der Waals surface area contributed by atoms with Crippen LogP contribution in [0.25, 0.3) is 0 Å². The van der Waals surface area contributed by atoms with Crippen molar-refractivity contribution >= 4 is 27.5 Å². The highest BCUT2D eigenvalue weighted by molar-refractivity contribution is 9.10. The van der Waals surface area contributed by atoms with Crippen LogP contribution in [0.4, 0.5) is 10.1 Å². The van der Waals surface area contributed by atoms with Crippen LogP contribution in [0.1, 0.15) is 21.7 Å². The summed E-state index contributed by atoms with van der Waals surface area (Å²) in [6.45, 7) is 3.78. The molecule has 0 saturated carbocycles. The monoisotopic (exact) mass is 324 g/mol. The molecule has 0 radical (unpaired) electrons. The van der Waals surface area contributed by atoms with Crippen molar-refractivity contribution in [3.05, 3.63) is 51.5 Å². The normalized spacial score (nSPS) is 10.6. The fourth-order valence-electron chi connectivity index (χ4n) is 1.87. The zero-order valence-corrected chi connectivity index (χ0v) is 12.5. The van der Waals surface area contributed by atoms with Gasteiger partial charge in [0.2, 0.25) is 0 Å². The lowest BCUT2D eigenvalue weighted by Gasteiger charge is -2.07. The van der Waals surface area contributed by atoms with Gasteiger partial charge in [-0.05, 0) is 38.1 Å². The number of nitrogens with zero attached hydrogens (tertiary/aromatic N) is 1. The van der Waals surface area contributed by atoms with E-state index in [1.807, 2.05) is 25.5 Å². The van der Waals surface area contributed by atoms with E-state index in [0.717, 1.165) is 11.4 Å². The van der Waals surface area contributed by atoms with Crippen molar-refractivity contribution in [3.8, 4) is 0 Å². The Morgan fingerprint density at radius 2 is 2.00 bits per heavy atom. The predicted molar refractivity (Wildman–Crippen MR) is 76.9 cm³/mol. The van der Waals surface area contributed by atoms with Gasteiger partial charge >= 0.3 is 0 Å². The van der Waals surface area contributed by atoms with E-state index in [0.29, 0.717) is 10.0 Å². The maximum Gasteiger partial charge on any atom is 0.257 e. The van der Waals surface area contributed by atoms with E-state index in [1.54, 1.807) is 12.1 Å². The number of hydrogen-bond donors (Lipinski definition) is 1. The molecule has 1 amide bonds. The Balaban J connectivity index is 2.28. The second kappa shape index (κ2) is 5.17. The molecule has 0 spiro atoms. The molecule has 1 N–H and O–H groups in total. The van der Waals surface area contributed by atoms with Gasteiger partial charge in [-0.2, -0.15) is 0 Å². The molecule has 0 bridgehead atoms. The third kappa shape index (κ3) is 2.71. The van der Waals surface area contributed by atoms with Crippen molar-refractivity contribution < 1.29 is 9.18 Å². The SMILES string of the molecule is Cc1cc(C(=O)Nc2ccc(Br)cc2F)c(C)n1C. The minimum Gasteiger partial charge on any atom is -0.351 e. The molecule has 0 aliphatic carbocycles. The Labute approximate surface area is 119 Å². The summed E-state index contributed by atoms with van der Waals surface area (Å²) >= 11 is 3.18. The van der Waals surface area contributed by atoms with Crippen LogP contribution >= 0.6 is 15.9 Å². The van der Waals surface area contributed by atoms with Crippen LogP contribution < -0.4 is 5.32 Å². The van der Waals surface area contributed by atoms with Crippen molar-refractivity contribution in [2.75, 3.05) is 5.32 Å². The van der Waals surface area contributed by atoms with Gasteiger partial charge in [0, 0.05) is 22.9 Å². The molecular weight excluding hydrogens is 311 g/mol. The van der Waals surface area contributed by atoms with Crippen LogP contribution in [0.3, 0.4) is 0 Å². The van der Waals surface area contributed by atoms with E-state index >= 15 is 0 Å². The van der Waals surface area contributed by atoms with Crippen LogP contribution in [-0.4, -0.2) is 10.5 Å². The quantitative estimate of drug-likeness (QED) is 0.895. The smallest absolute Gasteiger partial charge is 0.257 e. The summed E-state index contributed by atoms with van der Waals surface area (Å²) in [5, 5.41) is 2.59. The minimum absolute atomic E-state index is 0.175. The third-order valence-corrected chi connectivity index (χ3v) is 3.69. The lowest BCUT2D eigenvalue weighted by Crippen LogP contribution is -2.14. The number of amides is 1. The van der Waals surface area contributed by atoms with E-state index in [9.17, 15) is 9.18 Å². The van der Waals surface area contributed by atoms with Crippen molar-refractivity contribution in [2.45, 2.75) is 13.8 Å². The number of hydrogen-bond acceptors (Lipinski definition) is 1. The molecule has 0 atom stereocenters. The van der Waals surface area contributed by atoms with Crippen LogP contribution in [-0.2, 0) is 7.05 Å². The Morgan fingerprint density at radius 1 is 1.32 bits per heavy atom. The molecule has 5 heteroatoms. The Hall–Kier alpha value is -1.62. The van der Waals surface area contributed by atoms with E-state index in [-0.39, 0.29) is 11.6 Å². The largest absolute Gasteiger partial charge is 0.351 e. The number of aromatic nitrogens is 1. The lowest BCUT2D eigenvalue weighted by atomic mass is 10.2. The average Bonchev–Trinajstić information content (AvgIpc) is 2.60. The number of rotatable bonds is 2.